The predicted octanol–water partition coefficient (Wildman–Crippen LogP) is 2.40. The molecule has 2 N–H and O–H groups in total. The number of hydrogen-bond donors (Lipinski definition) is 2. The Kier molecular flexibility index (Phi) is 3.97. The summed E-state index contributed by atoms with van der Waals surface area (Å²) in [6.07, 6.45) is 1.49. The average molecular weight is 258 g/mol. The molecule has 0 aliphatic heterocycles. The summed E-state index contributed by atoms with van der Waals surface area (Å²) in [5, 5.41) is 12.1. The van der Waals surface area contributed by atoms with Crippen LogP contribution in [0.3, 0.4) is 0 Å². The van der Waals surface area contributed by atoms with Crippen molar-refractivity contribution >= 4 is 11.7 Å². The Balaban J connectivity index is 2.05. The highest BCUT2D eigenvalue weighted by Gasteiger charge is 2.04. The molecule has 0 aliphatic carbocycles. The molecule has 0 bridgehead atoms. The normalized spacial score (nSPS) is 9.95. The van der Waals surface area contributed by atoms with Gasteiger partial charge in [-0.25, -0.2) is 4.79 Å². The zero-order chi connectivity index (χ0) is 13.7. The second-order valence-corrected chi connectivity index (χ2v) is 3.93. The Morgan fingerprint density at radius 2 is 2.21 bits per heavy atom. The standard InChI is InChI=1S/C14H14N2O3/c1-19-13-4-2-3-11(8-13)16-9-12-7-10(14(17)18)5-6-15-12/h2-8,16H,9H2,1H3,(H,17,18). The number of aromatic nitrogens is 1. The van der Waals surface area contributed by atoms with Gasteiger partial charge in [0, 0.05) is 18.0 Å². The van der Waals surface area contributed by atoms with Gasteiger partial charge in [0.05, 0.1) is 24.9 Å². The Morgan fingerprint density at radius 3 is 2.95 bits per heavy atom. The lowest BCUT2D eigenvalue weighted by Crippen LogP contribution is -2.04. The summed E-state index contributed by atoms with van der Waals surface area (Å²) in [5.74, 6) is -0.192. The van der Waals surface area contributed by atoms with E-state index in [1.807, 2.05) is 24.3 Å². The highest BCUT2D eigenvalue weighted by atomic mass is 16.5. The van der Waals surface area contributed by atoms with E-state index in [9.17, 15) is 4.79 Å². The van der Waals surface area contributed by atoms with Crippen molar-refractivity contribution in [3.63, 3.8) is 0 Å². The fraction of sp³-hybridized carbons (Fsp3) is 0.143. The first-order chi connectivity index (χ1) is 9.19. The molecule has 0 amide bonds. The first kappa shape index (κ1) is 12.9. The fourth-order valence-electron chi connectivity index (χ4n) is 1.63. The van der Waals surface area contributed by atoms with Gasteiger partial charge >= 0.3 is 5.97 Å². The molecule has 19 heavy (non-hydrogen) atoms. The van der Waals surface area contributed by atoms with Crippen LogP contribution in [0.1, 0.15) is 16.1 Å². The molecule has 2 aromatic rings. The zero-order valence-electron chi connectivity index (χ0n) is 10.5. The molecule has 0 saturated carbocycles. The van der Waals surface area contributed by atoms with Crippen LogP contribution in [0.25, 0.3) is 0 Å². The Bertz CT molecular complexity index is 584. The van der Waals surface area contributed by atoms with Crippen molar-refractivity contribution in [3.05, 3.63) is 53.9 Å². The number of nitrogens with one attached hydrogen (secondary N) is 1. The van der Waals surface area contributed by atoms with Crippen LogP contribution in [0.4, 0.5) is 5.69 Å². The lowest BCUT2D eigenvalue weighted by molar-refractivity contribution is 0.0696. The number of rotatable bonds is 5. The van der Waals surface area contributed by atoms with Crippen molar-refractivity contribution in [1.82, 2.24) is 4.98 Å². The molecule has 5 nitrogen and oxygen atoms in total. The largest absolute Gasteiger partial charge is 0.497 e. The summed E-state index contributed by atoms with van der Waals surface area (Å²) in [7, 11) is 1.61. The second-order valence-electron chi connectivity index (χ2n) is 3.93. The molecular formula is C14H14N2O3. The lowest BCUT2D eigenvalue weighted by atomic mass is 10.2. The van der Waals surface area contributed by atoms with Gasteiger partial charge in [0.25, 0.3) is 0 Å². The minimum absolute atomic E-state index is 0.234. The van der Waals surface area contributed by atoms with Crippen LogP contribution >= 0.6 is 0 Å². The SMILES string of the molecule is COc1cccc(NCc2cc(C(=O)O)ccn2)c1. The van der Waals surface area contributed by atoms with Gasteiger partial charge in [0.15, 0.2) is 0 Å². The number of carbonyl (C=O) groups is 1. The molecule has 0 unspecified atom stereocenters. The van der Waals surface area contributed by atoms with E-state index in [1.165, 1.54) is 12.3 Å². The molecule has 0 atom stereocenters. The van der Waals surface area contributed by atoms with Crippen molar-refractivity contribution in [2.24, 2.45) is 0 Å². The number of anilines is 1. The summed E-state index contributed by atoms with van der Waals surface area (Å²) >= 11 is 0. The molecular weight excluding hydrogens is 244 g/mol. The van der Waals surface area contributed by atoms with Gasteiger partial charge in [-0.3, -0.25) is 4.98 Å². The van der Waals surface area contributed by atoms with Gasteiger partial charge in [0.1, 0.15) is 5.75 Å². The Labute approximate surface area is 110 Å². The fourth-order valence-corrected chi connectivity index (χ4v) is 1.63. The van der Waals surface area contributed by atoms with Crippen molar-refractivity contribution < 1.29 is 14.6 Å². The summed E-state index contributed by atoms with van der Waals surface area (Å²) in [5.41, 5.74) is 1.79. The van der Waals surface area contributed by atoms with Crippen LogP contribution < -0.4 is 10.1 Å². The van der Waals surface area contributed by atoms with Crippen LogP contribution in [0.2, 0.25) is 0 Å². The Morgan fingerprint density at radius 1 is 1.37 bits per heavy atom. The van der Waals surface area contributed by atoms with E-state index in [0.717, 1.165) is 11.4 Å². The minimum atomic E-state index is -0.954. The first-order valence-corrected chi connectivity index (χ1v) is 5.75. The maximum absolute atomic E-state index is 10.8. The molecule has 0 saturated heterocycles. The number of aromatic carboxylic acids is 1. The van der Waals surface area contributed by atoms with Crippen molar-refractivity contribution in [1.29, 1.82) is 0 Å². The molecule has 0 fully saturated rings. The van der Waals surface area contributed by atoms with Crippen molar-refractivity contribution in [2.75, 3.05) is 12.4 Å². The van der Waals surface area contributed by atoms with Crippen LogP contribution in [0.15, 0.2) is 42.6 Å². The third-order valence-corrected chi connectivity index (χ3v) is 2.61. The highest BCUT2D eigenvalue weighted by molar-refractivity contribution is 5.87. The maximum Gasteiger partial charge on any atom is 0.335 e. The van der Waals surface area contributed by atoms with Gasteiger partial charge in [0.2, 0.25) is 0 Å². The van der Waals surface area contributed by atoms with E-state index < -0.39 is 5.97 Å². The molecule has 1 heterocycles. The van der Waals surface area contributed by atoms with Crippen molar-refractivity contribution in [2.45, 2.75) is 6.54 Å². The number of methoxy groups -OCH3 is 1. The van der Waals surface area contributed by atoms with E-state index in [-0.39, 0.29) is 5.56 Å². The number of benzene rings is 1. The maximum atomic E-state index is 10.8. The molecule has 0 radical (unpaired) electrons. The molecule has 2 rings (SSSR count). The number of nitrogens with zero attached hydrogens (tertiary/aromatic N) is 1. The van der Waals surface area contributed by atoms with Crippen molar-refractivity contribution in [3.8, 4) is 5.75 Å². The first-order valence-electron chi connectivity index (χ1n) is 5.75. The number of hydrogen-bond acceptors (Lipinski definition) is 4. The summed E-state index contributed by atoms with van der Waals surface area (Å²) in [6.45, 7) is 0.453. The molecule has 1 aromatic heterocycles. The van der Waals surface area contributed by atoms with Crippen LogP contribution in [0, 0.1) is 0 Å². The summed E-state index contributed by atoms with van der Waals surface area (Å²) in [4.78, 5) is 15.0. The van der Waals surface area contributed by atoms with Crippen LogP contribution in [-0.4, -0.2) is 23.2 Å². The number of carboxylic acids is 1. The van der Waals surface area contributed by atoms with E-state index in [2.05, 4.69) is 10.3 Å². The lowest BCUT2D eigenvalue weighted by Gasteiger charge is -2.08. The number of pyridine rings is 1. The predicted molar refractivity (Wildman–Crippen MR) is 71.5 cm³/mol. The monoisotopic (exact) mass is 258 g/mol. The minimum Gasteiger partial charge on any atom is -0.497 e. The molecule has 5 heteroatoms. The third kappa shape index (κ3) is 3.45. The topological polar surface area (TPSA) is 71.5 Å². The molecule has 98 valence electrons. The van der Waals surface area contributed by atoms with E-state index in [4.69, 9.17) is 9.84 Å². The molecule has 0 spiro atoms. The van der Waals surface area contributed by atoms with Gasteiger partial charge in [-0.2, -0.15) is 0 Å². The summed E-state index contributed by atoms with van der Waals surface area (Å²) in [6, 6.07) is 10.5. The van der Waals surface area contributed by atoms with E-state index >= 15 is 0 Å². The quantitative estimate of drug-likeness (QED) is 0.861. The number of carboxylic acid groups (broad SMARTS) is 1. The van der Waals surface area contributed by atoms with Crippen LogP contribution in [-0.2, 0) is 6.54 Å². The van der Waals surface area contributed by atoms with E-state index in [0.29, 0.717) is 12.2 Å². The summed E-state index contributed by atoms with van der Waals surface area (Å²) < 4.78 is 5.12. The average Bonchev–Trinajstić information content (AvgIpc) is 2.45. The van der Waals surface area contributed by atoms with Gasteiger partial charge in [-0.05, 0) is 24.3 Å². The second kappa shape index (κ2) is 5.86. The van der Waals surface area contributed by atoms with Crippen LogP contribution in [0.5, 0.6) is 5.75 Å². The van der Waals surface area contributed by atoms with Gasteiger partial charge in [-0.15, -0.1) is 0 Å². The van der Waals surface area contributed by atoms with E-state index in [1.54, 1.807) is 13.2 Å². The van der Waals surface area contributed by atoms with Gasteiger partial charge < -0.3 is 15.2 Å². The van der Waals surface area contributed by atoms with Gasteiger partial charge in [-0.1, -0.05) is 6.07 Å². The Hall–Kier alpha value is -2.56. The zero-order valence-corrected chi connectivity index (χ0v) is 10.5. The third-order valence-electron chi connectivity index (χ3n) is 2.61. The number of ether oxygens (including phenoxy) is 1. The molecule has 0 aliphatic rings. The molecule has 1 aromatic carbocycles. The highest BCUT2D eigenvalue weighted by Crippen LogP contribution is 2.17. The smallest absolute Gasteiger partial charge is 0.335 e.